The summed E-state index contributed by atoms with van der Waals surface area (Å²) in [5, 5.41) is 2.91. The molecule has 2 aromatic rings. The Bertz CT molecular complexity index is 596. The van der Waals surface area contributed by atoms with E-state index >= 15 is 0 Å². The van der Waals surface area contributed by atoms with Crippen molar-refractivity contribution in [2.24, 2.45) is 0 Å². The van der Waals surface area contributed by atoms with Crippen LogP contribution in [0.1, 0.15) is 18.9 Å². The first-order valence-corrected chi connectivity index (χ1v) is 7.74. The highest BCUT2D eigenvalue weighted by molar-refractivity contribution is 9.10. The van der Waals surface area contributed by atoms with Gasteiger partial charge in [-0.15, -0.1) is 0 Å². The van der Waals surface area contributed by atoms with E-state index in [0.29, 0.717) is 24.5 Å². The summed E-state index contributed by atoms with van der Waals surface area (Å²) in [7, 11) is 0. The van der Waals surface area contributed by atoms with Crippen molar-refractivity contribution < 1.29 is 9.53 Å². The van der Waals surface area contributed by atoms with Gasteiger partial charge in [-0.2, -0.15) is 0 Å². The Labute approximate surface area is 133 Å². The number of anilines is 1. The number of para-hydroxylation sites is 2. The molecule has 0 radical (unpaired) electrons. The molecule has 0 unspecified atom stereocenters. The zero-order valence-electron chi connectivity index (χ0n) is 11.9. The minimum absolute atomic E-state index is 0.0510. The van der Waals surface area contributed by atoms with Crippen LogP contribution in [-0.4, -0.2) is 12.5 Å². The van der Waals surface area contributed by atoms with E-state index in [4.69, 9.17) is 4.74 Å². The second-order valence-electron chi connectivity index (χ2n) is 4.70. The zero-order chi connectivity index (χ0) is 15.1. The number of hydrogen-bond acceptors (Lipinski definition) is 2. The number of nitrogens with one attached hydrogen (secondary N) is 1. The molecule has 21 heavy (non-hydrogen) atoms. The molecule has 0 saturated carbocycles. The Hall–Kier alpha value is -1.81. The van der Waals surface area contributed by atoms with Gasteiger partial charge in [0.1, 0.15) is 5.75 Å². The topological polar surface area (TPSA) is 38.3 Å². The molecule has 0 fully saturated rings. The Kier molecular flexibility index (Phi) is 5.81. The molecule has 0 aliphatic heterocycles. The molecule has 0 spiro atoms. The second kappa shape index (κ2) is 7.84. The van der Waals surface area contributed by atoms with Crippen molar-refractivity contribution in [1.29, 1.82) is 0 Å². The summed E-state index contributed by atoms with van der Waals surface area (Å²) in [6.45, 7) is 2.69. The average Bonchev–Trinajstić information content (AvgIpc) is 2.49. The van der Waals surface area contributed by atoms with Gasteiger partial charge in [-0.1, -0.05) is 47.1 Å². The maximum atomic E-state index is 12.1. The molecule has 4 heteroatoms. The highest BCUT2D eigenvalue weighted by Gasteiger charge is 2.08. The molecular weight excluding hydrogens is 330 g/mol. The van der Waals surface area contributed by atoms with Gasteiger partial charge in [0, 0.05) is 4.47 Å². The number of carbonyl (C=O) groups is 1. The third kappa shape index (κ3) is 4.90. The first-order valence-electron chi connectivity index (χ1n) is 6.95. The van der Waals surface area contributed by atoms with E-state index in [1.54, 1.807) is 0 Å². The van der Waals surface area contributed by atoms with Gasteiger partial charge in [-0.25, -0.2) is 0 Å². The molecule has 0 saturated heterocycles. The van der Waals surface area contributed by atoms with Crippen molar-refractivity contribution in [3.63, 3.8) is 0 Å². The van der Waals surface area contributed by atoms with E-state index in [-0.39, 0.29) is 5.91 Å². The fourth-order valence-corrected chi connectivity index (χ4v) is 2.15. The number of amides is 1. The van der Waals surface area contributed by atoms with E-state index in [2.05, 4.69) is 28.2 Å². The Balaban J connectivity index is 2.00. The molecule has 0 aliphatic rings. The highest BCUT2D eigenvalue weighted by atomic mass is 79.9. The van der Waals surface area contributed by atoms with Crippen LogP contribution >= 0.6 is 15.9 Å². The lowest BCUT2D eigenvalue weighted by Gasteiger charge is -2.12. The zero-order valence-corrected chi connectivity index (χ0v) is 13.5. The van der Waals surface area contributed by atoms with Gasteiger partial charge in [0.2, 0.25) is 5.91 Å². The molecule has 0 aromatic heterocycles. The summed E-state index contributed by atoms with van der Waals surface area (Å²) < 4.78 is 6.64. The lowest BCUT2D eigenvalue weighted by atomic mass is 10.1. The van der Waals surface area contributed by atoms with Gasteiger partial charge in [0.25, 0.3) is 0 Å². The maximum absolute atomic E-state index is 12.1. The summed E-state index contributed by atoms with van der Waals surface area (Å²) in [4.78, 5) is 12.1. The van der Waals surface area contributed by atoms with E-state index in [1.807, 2.05) is 48.5 Å². The lowest BCUT2D eigenvalue weighted by molar-refractivity contribution is -0.115. The first kappa shape index (κ1) is 15.6. The number of rotatable bonds is 6. The summed E-state index contributed by atoms with van der Waals surface area (Å²) in [6, 6.07) is 15.2. The quantitative estimate of drug-likeness (QED) is 0.839. The van der Waals surface area contributed by atoms with Crippen LogP contribution in [0, 0.1) is 0 Å². The van der Waals surface area contributed by atoms with Gasteiger partial charge >= 0.3 is 0 Å². The molecule has 2 aromatic carbocycles. The first-order chi connectivity index (χ1) is 10.2. The standard InChI is InChI=1S/C17H18BrNO2/c1-2-11-21-16-6-4-3-5-15(16)19-17(20)12-13-7-9-14(18)10-8-13/h3-10H,2,11-12H2,1H3,(H,19,20). The van der Waals surface area contributed by atoms with Crippen molar-refractivity contribution >= 4 is 27.5 Å². The van der Waals surface area contributed by atoms with Crippen molar-refractivity contribution in [2.45, 2.75) is 19.8 Å². The van der Waals surface area contributed by atoms with Gasteiger partial charge in [-0.3, -0.25) is 4.79 Å². The molecule has 1 N–H and O–H groups in total. The molecule has 0 aliphatic carbocycles. The largest absolute Gasteiger partial charge is 0.491 e. The van der Waals surface area contributed by atoms with Crippen molar-refractivity contribution in [3.8, 4) is 5.75 Å². The van der Waals surface area contributed by atoms with E-state index in [0.717, 1.165) is 16.5 Å². The molecular formula is C17H18BrNO2. The second-order valence-corrected chi connectivity index (χ2v) is 5.61. The molecule has 110 valence electrons. The van der Waals surface area contributed by atoms with Crippen molar-refractivity contribution in [3.05, 3.63) is 58.6 Å². The molecule has 0 bridgehead atoms. The number of carbonyl (C=O) groups excluding carboxylic acids is 1. The number of halogens is 1. The number of benzene rings is 2. The van der Waals surface area contributed by atoms with Crippen LogP contribution in [0.15, 0.2) is 53.0 Å². The molecule has 0 atom stereocenters. The minimum atomic E-state index is -0.0510. The molecule has 3 nitrogen and oxygen atoms in total. The number of ether oxygens (including phenoxy) is 1. The monoisotopic (exact) mass is 347 g/mol. The smallest absolute Gasteiger partial charge is 0.228 e. The van der Waals surface area contributed by atoms with Gasteiger partial charge in [-0.05, 0) is 36.2 Å². The maximum Gasteiger partial charge on any atom is 0.228 e. The van der Waals surface area contributed by atoms with Gasteiger partial charge < -0.3 is 10.1 Å². The summed E-state index contributed by atoms with van der Waals surface area (Å²) in [5.74, 6) is 0.661. The SMILES string of the molecule is CCCOc1ccccc1NC(=O)Cc1ccc(Br)cc1. The fourth-order valence-electron chi connectivity index (χ4n) is 1.89. The van der Waals surface area contributed by atoms with Crippen LogP contribution in [0.4, 0.5) is 5.69 Å². The van der Waals surface area contributed by atoms with Gasteiger partial charge in [0.15, 0.2) is 0 Å². The number of hydrogen-bond donors (Lipinski definition) is 1. The highest BCUT2D eigenvalue weighted by Crippen LogP contribution is 2.24. The van der Waals surface area contributed by atoms with Crippen LogP contribution in [0.2, 0.25) is 0 Å². The lowest BCUT2D eigenvalue weighted by Crippen LogP contribution is -2.15. The third-order valence-electron chi connectivity index (χ3n) is 2.90. The predicted molar refractivity (Wildman–Crippen MR) is 88.7 cm³/mol. The summed E-state index contributed by atoms with van der Waals surface area (Å²) in [6.07, 6.45) is 1.27. The third-order valence-corrected chi connectivity index (χ3v) is 3.43. The normalized spacial score (nSPS) is 10.2. The van der Waals surface area contributed by atoms with E-state index < -0.39 is 0 Å². The van der Waals surface area contributed by atoms with Crippen LogP contribution in [0.5, 0.6) is 5.75 Å². The van der Waals surface area contributed by atoms with Crippen LogP contribution < -0.4 is 10.1 Å². The van der Waals surface area contributed by atoms with Crippen LogP contribution in [0.25, 0.3) is 0 Å². The average molecular weight is 348 g/mol. The van der Waals surface area contributed by atoms with Gasteiger partial charge in [0.05, 0.1) is 18.7 Å². The molecule has 2 rings (SSSR count). The van der Waals surface area contributed by atoms with E-state index in [9.17, 15) is 4.79 Å². The fraction of sp³-hybridized carbons (Fsp3) is 0.235. The van der Waals surface area contributed by atoms with Crippen molar-refractivity contribution in [1.82, 2.24) is 0 Å². The van der Waals surface area contributed by atoms with Crippen LogP contribution in [-0.2, 0) is 11.2 Å². The predicted octanol–water partition coefficient (Wildman–Crippen LogP) is 4.42. The molecule has 1 amide bonds. The van der Waals surface area contributed by atoms with Crippen molar-refractivity contribution in [2.75, 3.05) is 11.9 Å². The minimum Gasteiger partial charge on any atom is -0.491 e. The summed E-state index contributed by atoms with van der Waals surface area (Å²) in [5.41, 5.74) is 1.69. The molecule has 0 heterocycles. The Morgan fingerprint density at radius 3 is 2.57 bits per heavy atom. The Morgan fingerprint density at radius 1 is 1.14 bits per heavy atom. The summed E-state index contributed by atoms with van der Waals surface area (Å²) >= 11 is 3.38. The van der Waals surface area contributed by atoms with E-state index in [1.165, 1.54) is 0 Å². The van der Waals surface area contributed by atoms with Crippen LogP contribution in [0.3, 0.4) is 0 Å². The Morgan fingerprint density at radius 2 is 1.86 bits per heavy atom.